The van der Waals surface area contributed by atoms with Crippen LogP contribution < -0.4 is 14.8 Å². The van der Waals surface area contributed by atoms with E-state index in [1.807, 2.05) is 18.2 Å². The molecule has 0 bridgehead atoms. The van der Waals surface area contributed by atoms with Gasteiger partial charge in [0.2, 0.25) is 0 Å². The standard InChI is InChI=1S/C17H27NO3/c1-13-6-8-17(12-19,9-7-13)18-11-14-10-15(20-2)4-5-16(14)21-3/h4-5,10,13,18-19H,6-9,11-12H2,1-3H3. The van der Waals surface area contributed by atoms with Gasteiger partial charge in [-0.1, -0.05) is 6.92 Å². The fourth-order valence-corrected chi connectivity index (χ4v) is 3.01. The van der Waals surface area contributed by atoms with E-state index in [2.05, 4.69) is 12.2 Å². The summed E-state index contributed by atoms with van der Waals surface area (Å²) in [6.45, 7) is 3.15. The summed E-state index contributed by atoms with van der Waals surface area (Å²) in [6.07, 6.45) is 4.39. The zero-order valence-corrected chi connectivity index (χ0v) is 13.3. The smallest absolute Gasteiger partial charge is 0.123 e. The van der Waals surface area contributed by atoms with Gasteiger partial charge in [-0.2, -0.15) is 0 Å². The summed E-state index contributed by atoms with van der Waals surface area (Å²) in [5, 5.41) is 13.4. The first-order chi connectivity index (χ1) is 10.1. The van der Waals surface area contributed by atoms with Crippen LogP contribution in [0.15, 0.2) is 18.2 Å². The Hall–Kier alpha value is -1.26. The monoisotopic (exact) mass is 293 g/mol. The van der Waals surface area contributed by atoms with Gasteiger partial charge < -0.3 is 19.9 Å². The topological polar surface area (TPSA) is 50.7 Å². The lowest BCUT2D eigenvalue weighted by Crippen LogP contribution is -2.50. The van der Waals surface area contributed by atoms with Crippen LogP contribution in [0.5, 0.6) is 11.5 Å². The van der Waals surface area contributed by atoms with Crippen molar-refractivity contribution >= 4 is 0 Å². The second-order valence-electron chi connectivity index (χ2n) is 6.15. The molecule has 1 aliphatic carbocycles. The molecule has 118 valence electrons. The zero-order chi connectivity index (χ0) is 15.3. The molecule has 1 aliphatic rings. The van der Waals surface area contributed by atoms with Crippen molar-refractivity contribution in [2.75, 3.05) is 20.8 Å². The van der Waals surface area contributed by atoms with Gasteiger partial charge in [-0.05, 0) is 49.8 Å². The molecule has 21 heavy (non-hydrogen) atoms. The third-order valence-corrected chi connectivity index (χ3v) is 4.68. The minimum absolute atomic E-state index is 0.152. The van der Waals surface area contributed by atoms with Crippen molar-refractivity contribution in [3.63, 3.8) is 0 Å². The lowest BCUT2D eigenvalue weighted by Gasteiger charge is -2.39. The minimum Gasteiger partial charge on any atom is -0.497 e. The number of benzene rings is 1. The van der Waals surface area contributed by atoms with Crippen LogP contribution in [0, 0.1) is 5.92 Å². The van der Waals surface area contributed by atoms with Gasteiger partial charge in [-0.3, -0.25) is 0 Å². The first-order valence-corrected chi connectivity index (χ1v) is 7.69. The summed E-state index contributed by atoms with van der Waals surface area (Å²) in [5.41, 5.74) is 0.906. The first kappa shape index (κ1) is 16.1. The average molecular weight is 293 g/mol. The average Bonchev–Trinajstić information content (AvgIpc) is 2.54. The molecule has 0 radical (unpaired) electrons. The molecular weight excluding hydrogens is 266 g/mol. The molecule has 0 saturated heterocycles. The van der Waals surface area contributed by atoms with E-state index in [1.165, 1.54) is 12.8 Å². The van der Waals surface area contributed by atoms with Gasteiger partial charge >= 0.3 is 0 Å². The van der Waals surface area contributed by atoms with E-state index in [4.69, 9.17) is 9.47 Å². The van der Waals surface area contributed by atoms with E-state index >= 15 is 0 Å². The summed E-state index contributed by atoms with van der Waals surface area (Å²) in [4.78, 5) is 0. The second-order valence-corrected chi connectivity index (χ2v) is 6.15. The number of nitrogens with one attached hydrogen (secondary N) is 1. The summed E-state index contributed by atoms with van der Waals surface area (Å²) in [5.74, 6) is 2.43. The van der Waals surface area contributed by atoms with Crippen molar-refractivity contribution in [2.24, 2.45) is 5.92 Å². The van der Waals surface area contributed by atoms with E-state index < -0.39 is 0 Å². The zero-order valence-electron chi connectivity index (χ0n) is 13.3. The van der Waals surface area contributed by atoms with Crippen LogP contribution in [0.1, 0.15) is 38.2 Å². The number of methoxy groups -OCH3 is 2. The highest BCUT2D eigenvalue weighted by molar-refractivity contribution is 5.40. The molecular formula is C17H27NO3. The van der Waals surface area contributed by atoms with Crippen LogP contribution in [0.25, 0.3) is 0 Å². The molecule has 1 aromatic rings. The SMILES string of the molecule is COc1ccc(OC)c(CNC2(CO)CCC(C)CC2)c1. The van der Waals surface area contributed by atoms with E-state index in [0.29, 0.717) is 6.54 Å². The maximum atomic E-state index is 9.81. The number of rotatable bonds is 6. The molecule has 0 aromatic heterocycles. The predicted molar refractivity (Wildman–Crippen MR) is 83.8 cm³/mol. The highest BCUT2D eigenvalue weighted by atomic mass is 16.5. The van der Waals surface area contributed by atoms with E-state index in [9.17, 15) is 5.11 Å². The van der Waals surface area contributed by atoms with Gasteiger partial charge in [0.25, 0.3) is 0 Å². The van der Waals surface area contributed by atoms with Crippen LogP contribution in [-0.2, 0) is 6.54 Å². The fraction of sp³-hybridized carbons (Fsp3) is 0.647. The van der Waals surface area contributed by atoms with Crippen LogP contribution in [0.4, 0.5) is 0 Å². The molecule has 0 unspecified atom stereocenters. The molecule has 1 fully saturated rings. The Morgan fingerprint density at radius 3 is 2.52 bits per heavy atom. The normalized spacial score (nSPS) is 25.6. The van der Waals surface area contributed by atoms with Gasteiger partial charge in [-0.25, -0.2) is 0 Å². The summed E-state index contributed by atoms with van der Waals surface area (Å²) < 4.78 is 10.7. The van der Waals surface area contributed by atoms with Crippen LogP contribution in [-0.4, -0.2) is 31.5 Å². The van der Waals surface area contributed by atoms with Crippen molar-refractivity contribution in [3.8, 4) is 11.5 Å². The molecule has 1 saturated carbocycles. The maximum Gasteiger partial charge on any atom is 0.123 e. The van der Waals surface area contributed by atoms with Gasteiger partial charge in [-0.15, -0.1) is 0 Å². The minimum atomic E-state index is -0.152. The Labute approximate surface area is 127 Å². The molecule has 2 N–H and O–H groups in total. The lowest BCUT2D eigenvalue weighted by atomic mass is 9.77. The first-order valence-electron chi connectivity index (χ1n) is 7.69. The van der Waals surface area contributed by atoms with Crippen LogP contribution in [0.3, 0.4) is 0 Å². The van der Waals surface area contributed by atoms with Gasteiger partial charge in [0.15, 0.2) is 0 Å². The molecule has 0 aliphatic heterocycles. The number of aliphatic hydroxyl groups excluding tert-OH is 1. The lowest BCUT2D eigenvalue weighted by molar-refractivity contribution is 0.104. The molecule has 4 heteroatoms. The summed E-state index contributed by atoms with van der Waals surface area (Å²) >= 11 is 0. The van der Waals surface area contributed by atoms with Crippen molar-refractivity contribution < 1.29 is 14.6 Å². The third kappa shape index (κ3) is 3.89. The molecule has 4 nitrogen and oxygen atoms in total. The quantitative estimate of drug-likeness (QED) is 0.847. The largest absolute Gasteiger partial charge is 0.497 e. The highest BCUT2D eigenvalue weighted by Gasteiger charge is 2.33. The Morgan fingerprint density at radius 2 is 1.95 bits per heavy atom. The fourth-order valence-electron chi connectivity index (χ4n) is 3.01. The van der Waals surface area contributed by atoms with Crippen molar-refractivity contribution in [3.05, 3.63) is 23.8 Å². The highest BCUT2D eigenvalue weighted by Crippen LogP contribution is 2.32. The van der Waals surface area contributed by atoms with Crippen molar-refractivity contribution in [2.45, 2.75) is 44.7 Å². The molecule has 0 amide bonds. The van der Waals surface area contributed by atoms with Crippen LogP contribution >= 0.6 is 0 Å². The van der Waals surface area contributed by atoms with E-state index in [1.54, 1.807) is 14.2 Å². The third-order valence-electron chi connectivity index (χ3n) is 4.68. The Bertz CT molecular complexity index is 453. The van der Waals surface area contributed by atoms with Gasteiger partial charge in [0.05, 0.1) is 20.8 Å². The number of hydrogen-bond acceptors (Lipinski definition) is 4. The Balaban J connectivity index is 2.07. The van der Waals surface area contributed by atoms with Gasteiger partial charge in [0.1, 0.15) is 11.5 Å². The van der Waals surface area contributed by atoms with Crippen molar-refractivity contribution in [1.82, 2.24) is 5.32 Å². The molecule has 0 atom stereocenters. The Kier molecular flexibility index (Phi) is 5.48. The number of hydrogen-bond donors (Lipinski definition) is 2. The number of ether oxygens (including phenoxy) is 2. The van der Waals surface area contributed by atoms with E-state index in [0.717, 1.165) is 35.8 Å². The molecule has 0 spiro atoms. The second kappa shape index (κ2) is 7.14. The van der Waals surface area contributed by atoms with Crippen molar-refractivity contribution in [1.29, 1.82) is 0 Å². The molecule has 2 rings (SSSR count). The molecule has 0 heterocycles. The maximum absolute atomic E-state index is 9.81. The number of aliphatic hydroxyl groups is 1. The summed E-state index contributed by atoms with van der Waals surface area (Å²) in [7, 11) is 3.34. The van der Waals surface area contributed by atoms with Crippen LogP contribution in [0.2, 0.25) is 0 Å². The molecule has 1 aromatic carbocycles. The predicted octanol–water partition coefficient (Wildman–Crippen LogP) is 2.73. The van der Waals surface area contributed by atoms with E-state index in [-0.39, 0.29) is 12.1 Å². The summed E-state index contributed by atoms with van der Waals surface area (Å²) in [6, 6.07) is 5.80. The Morgan fingerprint density at radius 1 is 1.24 bits per heavy atom. The van der Waals surface area contributed by atoms with Gasteiger partial charge in [0, 0.05) is 17.6 Å².